The highest BCUT2D eigenvalue weighted by Gasteiger charge is 2.78. The topological polar surface area (TPSA) is 441 Å². The molecule has 7 aliphatic heterocycles. The van der Waals surface area contributed by atoms with E-state index in [9.17, 15) is 85.9 Å². The number of aromatic amines is 1. The van der Waals surface area contributed by atoms with Crippen molar-refractivity contribution < 1.29 is 109 Å². The van der Waals surface area contributed by atoms with Crippen molar-refractivity contribution in [1.82, 2.24) is 15.6 Å². The van der Waals surface area contributed by atoms with Crippen molar-refractivity contribution in [1.29, 1.82) is 0 Å². The molecule has 4 fully saturated rings. The highest BCUT2D eigenvalue weighted by atomic mass is 16.8. The lowest BCUT2D eigenvalue weighted by molar-refractivity contribution is -0.434. The summed E-state index contributed by atoms with van der Waals surface area (Å²) < 4.78 is 32.2. The number of H-pyrrole nitrogens is 1. The lowest BCUT2D eigenvalue weighted by atomic mass is 9.67. The normalized spacial score (nSPS) is 34.2. The number of carboxylic acids is 1. The van der Waals surface area contributed by atoms with Crippen LogP contribution in [0.3, 0.4) is 0 Å². The van der Waals surface area contributed by atoms with Gasteiger partial charge in [0.25, 0.3) is 11.4 Å². The summed E-state index contributed by atoms with van der Waals surface area (Å²) in [5, 5.41) is 168. The van der Waals surface area contributed by atoms with Crippen LogP contribution in [0.2, 0.25) is 0 Å². The third-order valence-electron chi connectivity index (χ3n) is 18.2. The fraction of sp³-hybridized carbons (Fsp3) is 0.467. The number of phenolic OH excluding ortho intramolecular Hbond substituents is 3. The zero-order valence-corrected chi connectivity index (χ0v) is 45.5. The number of hydrogen-bond acceptors (Lipinski definition) is 24. The molecule has 9 aliphatic rings. The highest BCUT2D eigenvalue weighted by Crippen LogP contribution is 2.58. The number of allylic oxidation sites excluding steroid dienone is 3. The summed E-state index contributed by atoms with van der Waals surface area (Å²) >= 11 is 0. The number of aliphatic carboxylic acids is 1. The van der Waals surface area contributed by atoms with Crippen molar-refractivity contribution in [2.75, 3.05) is 19.8 Å². The molecule has 14 unspecified atom stereocenters. The maximum atomic E-state index is 16.1. The standard InChI is InChI=1S/C60H61N3O23/c64-13-8-30-15-31(18-40(69)46(30)70)41-21-39(68)45-42(82-41)22-43-44(47(45)71)36(32-17-37-29-4-1-6-34(16-29)63-52(37)62-24-32)19-33-20-38-28(7-12-61-38)5-2-9-55(79)48(72)50(74)59(33,83-43)86-57(55)11-3-10-56(53(76)77)60(80,81)51(75)49(73)58(85-56,84-54(57)78)23-27(25-65)14-35(67)26-66/h7,12,15,17-19,21-22,24,27,29,34,36,48-52,61-66,69-75,79-81H,1,4,6,8-9,11,13-14,16,20,23,25-26H2,(H,76,77). The molecule has 26 nitrogen and oxygen atoms in total. The summed E-state index contributed by atoms with van der Waals surface area (Å²) in [6, 6.07) is 6.35. The number of ether oxygens (including phenoxy) is 4. The Balaban J connectivity index is 1.13. The smallest absolute Gasteiger partial charge is 0.354 e. The fourth-order valence-corrected chi connectivity index (χ4v) is 13.7. The SMILES string of the molecule is O=C(CO)CC(CO)CC12OC(=O)C3(CC#CC(C(=O)O)(O1)C(O)(O)C(O)C2O)OC12Oc4cc5oc(-c6cc(O)c(O)c(CCO)c6)cc(=O)c5c(O)c4C(C4=CNC5NC6CCCC(C6)C5=C4)C=C1Cc1[nH]ccc1C#CCC3(O)C(O)C2O. The van der Waals surface area contributed by atoms with Gasteiger partial charge in [-0.1, -0.05) is 36.3 Å². The number of aliphatic hydroxyl groups is 10. The van der Waals surface area contributed by atoms with Gasteiger partial charge in [0.1, 0.15) is 52.6 Å². The molecule has 2 aromatic heterocycles. The van der Waals surface area contributed by atoms with E-state index >= 15 is 4.79 Å². The van der Waals surface area contributed by atoms with Crippen molar-refractivity contribution in [3.8, 4) is 58.0 Å². The van der Waals surface area contributed by atoms with Gasteiger partial charge in [-0.2, -0.15) is 0 Å². The molecule has 0 amide bonds. The van der Waals surface area contributed by atoms with E-state index in [-0.39, 0.29) is 63.8 Å². The van der Waals surface area contributed by atoms with Crippen LogP contribution in [0.4, 0.5) is 0 Å². The van der Waals surface area contributed by atoms with Crippen LogP contribution in [0.5, 0.6) is 23.0 Å². The summed E-state index contributed by atoms with van der Waals surface area (Å²) in [6.45, 7) is -2.62. The van der Waals surface area contributed by atoms with Gasteiger partial charge >= 0.3 is 11.9 Å². The van der Waals surface area contributed by atoms with Crippen molar-refractivity contribution in [2.24, 2.45) is 11.8 Å². The van der Waals surface area contributed by atoms with Crippen LogP contribution in [-0.4, -0.2) is 185 Å². The average molecular weight is 1190 g/mol. The molecule has 26 heteroatoms. The van der Waals surface area contributed by atoms with Crippen LogP contribution < -0.4 is 20.8 Å². The van der Waals surface area contributed by atoms with Gasteiger partial charge in [0.15, 0.2) is 34.9 Å². The minimum atomic E-state index is -4.11. The number of aromatic nitrogens is 1. The Labute approximate surface area is 486 Å². The number of fused-ring (bicyclic) bond motifs is 10. The van der Waals surface area contributed by atoms with E-state index in [4.69, 9.17) is 23.4 Å². The molecule has 13 rings (SSSR count). The molecule has 4 aromatic rings. The molecule has 14 atom stereocenters. The monoisotopic (exact) mass is 1190 g/mol. The summed E-state index contributed by atoms with van der Waals surface area (Å²) in [5.74, 6) is -11.5. The Hall–Kier alpha value is -7.64. The van der Waals surface area contributed by atoms with E-state index in [2.05, 4.69) is 33.4 Å². The number of hydrogen-bond donors (Lipinski definition) is 17. The van der Waals surface area contributed by atoms with Crippen molar-refractivity contribution in [2.45, 2.75) is 141 Å². The Morgan fingerprint density at radius 3 is 2.42 bits per heavy atom. The first-order valence-corrected chi connectivity index (χ1v) is 27.9. The van der Waals surface area contributed by atoms with Crippen molar-refractivity contribution >= 4 is 28.7 Å². The largest absolute Gasteiger partial charge is 0.507 e. The summed E-state index contributed by atoms with van der Waals surface area (Å²) in [5.41, 5.74) is -10.3. The molecular weight excluding hydrogens is 1130 g/mol. The number of esters is 1. The molecule has 2 aliphatic carbocycles. The molecule has 9 heterocycles. The molecule has 17 N–H and O–H groups in total. The number of Topliss-reactive ketones (excluding diaryl/α,β-unsaturated/α-hetero) is 1. The van der Waals surface area contributed by atoms with Crippen LogP contribution in [0.1, 0.15) is 79.7 Å². The number of phenols is 3. The first-order chi connectivity index (χ1) is 40.9. The number of aromatic hydroxyl groups is 3. The van der Waals surface area contributed by atoms with Crippen molar-refractivity contribution in [3.63, 3.8) is 0 Å². The number of carbonyl (C=O) groups is 3. The lowest BCUT2D eigenvalue weighted by Gasteiger charge is -2.58. The number of carboxylic acid groups (broad SMARTS) is 1. The first-order valence-electron chi connectivity index (χ1n) is 27.9. The van der Waals surface area contributed by atoms with Crippen LogP contribution >= 0.6 is 0 Å². The van der Waals surface area contributed by atoms with E-state index in [1.54, 1.807) is 12.3 Å². The minimum absolute atomic E-state index is 0.0188. The number of benzene rings is 2. The molecule has 86 heavy (non-hydrogen) atoms. The number of dihydropyridines is 1. The van der Waals surface area contributed by atoms with Gasteiger partial charge < -0.3 is 105 Å². The van der Waals surface area contributed by atoms with Gasteiger partial charge in [-0.3, -0.25) is 14.9 Å². The second-order valence-electron chi connectivity index (χ2n) is 23.3. The number of rotatable bonds is 11. The van der Waals surface area contributed by atoms with Crippen LogP contribution in [-0.2, 0) is 41.4 Å². The summed E-state index contributed by atoms with van der Waals surface area (Å²) in [7, 11) is 0. The van der Waals surface area contributed by atoms with Crippen LogP contribution in [0.15, 0.2) is 80.8 Å². The van der Waals surface area contributed by atoms with Gasteiger partial charge in [-0.25, -0.2) is 9.59 Å². The lowest BCUT2D eigenvalue weighted by Crippen LogP contribution is -2.81. The predicted molar refractivity (Wildman–Crippen MR) is 290 cm³/mol. The van der Waals surface area contributed by atoms with E-state index in [0.29, 0.717) is 5.57 Å². The summed E-state index contributed by atoms with van der Waals surface area (Å²) in [4.78, 5) is 60.1. The fourth-order valence-electron chi connectivity index (χ4n) is 13.7. The summed E-state index contributed by atoms with van der Waals surface area (Å²) in [6.07, 6.45) is -6.61. The molecule has 6 bridgehead atoms. The molecule has 454 valence electrons. The Morgan fingerprint density at radius 2 is 1.67 bits per heavy atom. The third-order valence-corrected chi connectivity index (χ3v) is 18.2. The molecule has 2 aromatic carbocycles. The zero-order chi connectivity index (χ0) is 61.2. The molecule has 0 radical (unpaired) electrons. The zero-order valence-electron chi connectivity index (χ0n) is 45.5. The second kappa shape index (κ2) is 21.1. The first kappa shape index (κ1) is 58.7. The maximum absolute atomic E-state index is 16.1. The van der Waals surface area contributed by atoms with Gasteiger partial charge in [0.2, 0.25) is 17.2 Å². The molecule has 2 spiro atoms. The van der Waals surface area contributed by atoms with Crippen molar-refractivity contribution in [3.05, 3.63) is 104 Å². The number of carbonyl (C=O) groups excluding carboxylic acids is 2. The van der Waals surface area contributed by atoms with Gasteiger partial charge in [0.05, 0.1) is 12.6 Å². The Kier molecular flexibility index (Phi) is 14.4. The van der Waals surface area contributed by atoms with Crippen LogP contribution in [0.25, 0.3) is 22.3 Å². The maximum Gasteiger partial charge on any atom is 0.354 e. The number of piperidine rings is 1. The quantitative estimate of drug-likeness (QED) is 0.0267. The minimum Gasteiger partial charge on any atom is -0.507 e. The van der Waals surface area contributed by atoms with Crippen LogP contribution in [0, 0.1) is 35.5 Å². The second-order valence-corrected chi connectivity index (χ2v) is 23.3. The van der Waals surface area contributed by atoms with E-state index in [0.717, 1.165) is 49.5 Å². The van der Waals surface area contributed by atoms with E-state index in [1.807, 2.05) is 12.0 Å². The highest BCUT2D eigenvalue weighted by molar-refractivity contribution is 5.90. The van der Waals surface area contributed by atoms with Gasteiger partial charge in [-0.15, -0.1) is 0 Å². The average Bonchev–Trinajstić information content (AvgIpc) is 1.23. The molecule has 3 saturated heterocycles. The Morgan fingerprint density at radius 1 is 0.884 bits per heavy atom. The number of nitrogens with one attached hydrogen (secondary N) is 3. The van der Waals surface area contributed by atoms with Gasteiger partial charge in [-0.05, 0) is 72.8 Å². The Bertz CT molecular complexity index is 3810. The van der Waals surface area contributed by atoms with E-state index < -0.39 is 179 Å². The number of aliphatic hydroxyl groups excluding tert-OH is 7. The number of ketones is 1. The molecule has 1 saturated carbocycles. The molecular formula is C60H61N3O23. The predicted octanol–water partition coefficient (Wildman–Crippen LogP) is -1.49. The van der Waals surface area contributed by atoms with E-state index in [1.165, 1.54) is 18.3 Å². The third kappa shape index (κ3) is 8.77. The van der Waals surface area contributed by atoms with Gasteiger partial charge in [0, 0.05) is 109 Å².